The molecule has 0 N–H and O–H groups in total. The number of fused-ring (bicyclic) bond motifs is 3. The first-order valence-corrected chi connectivity index (χ1v) is 20.4. The van der Waals surface area contributed by atoms with Crippen molar-refractivity contribution in [2.24, 2.45) is 5.92 Å². The van der Waals surface area contributed by atoms with Crippen molar-refractivity contribution in [3.63, 3.8) is 0 Å². The van der Waals surface area contributed by atoms with E-state index in [9.17, 15) is 0 Å². The van der Waals surface area contributed by atoms with E-state index in [1.165, 1.54) is 194 Å². The molecular formula is C46H74. The van der Waals surface area contributed by atoms with E-state index in [1.807, 2.05) is 0 Å². The first-order valence-electron chi connectivity index (χ1n) is 20.4. The average molecular weight is 627 g/mol. The van der Waals surface area contributed by atoms with E-state index >= 15 is 0 Å². The predicted octanol–water partition coefficient (Wildman–Crippen LogP) is 16.0. The molecule has 2 aromatic carbocycles. The van der Waals surface area contributed by atoms with E-state index in [0.717, 1.165) is 5.92 Å². The van der Waals surface area contributed by atoms with Crippen molar-refractivity contribution < 1.29 is 0 Å². The van der Waals surface area contributed by atoms with Gasteiger partial charge >= 0.3 is 0 Å². The molecule has 46 heavy (non-hydrogen) atoms. The Morgan fingerprint density at radius 2 is 1.24 bits per heavy atom. The zero-order chi connectivity index (χ0) is 32.8. The van der Waals surface area contributed by atoms with Gasteiger partial charge in [-0.3, -0.25) is 0 Å². The van der Waals surface area contributed by atoms with Crippen LogP contribution < -0.4 is 0 Å². The van der Waals surface area contributed by atoms with Crippen LogP contribution in [0.4, 0.5) is 0 Å². The summed E-state index contributed by atoms with van der Waals surface area (Å²) in [5.74, 6) is 1.52. The predicted molar refractivity (Wildman–Crippen MR) is 209 cm³/mol. The van der Waals surface area contributed by atoms with Gasteiger partial charge in [-0.2, -0.15) is 0 Å². The van der Waals surface area contributed by atoms with Gasteiger partial charge in [0.25, 0.3) is 0 Å². The lowest BCUT2D eigenvalue weighted by Gasteiger charge is -2.20. The van der Waals surface area contributed by atoms with Gasteiger partial charge in [-0.25, -0.2) is 0 Å². The minimum Gasteiger partial charge on any atom is -0.0999 e. The summed E-state index contributed by atoms with van der Waals surface area (Å²) in [5, 5.41) is 2.91. The Morgan fingerprint density at radius 1 is 0.674 bits per heavy atom. The highest BCUT2D eigenvalue weighted by Gasteiger charge is 2.27. The van der Waals surface area contributed by atoms with Crippen molar-refractivity contribution in [1.29, 1.82) is 0 Å². The fraction of sp³-hybridized carbons (Fsp3) is 0.696. The second-order valence-corrected chi connectivity index (χ2v) is 15.3. The van der Waals surface area contributed by atoms with Gasteiger partial charge in [0.15, 0.2) is 0 Å². The Balaban J connectivity index is 1.20. The summed E-state index contributed by atoms with van der Waals surface area (Å²) in [4.78, 5) is 0. The van der Waals surface area contributed by atoms with Crippen molar-refractivity contribution in [1.82, 2.24) is 0 Å². The zero-order valence-corrected chi connectivity index (χ0v) is 31.2. The number of benzene rings is 2. The second kappa shape index (κ2) is 23.5. The van der Waals surface area contributed by atoms with Crippen LogP contribution in [0.1, 0.15) is 210 Å². The van der Waals surface area contributed by atoms with Gasteiger partial charge in [0.2, 0.25) is 0 Å². The first kappa shape index (κ1) is 38.6. The van der Waals surface area contributed by atoms with Crippen molar-refractivity contribution >= 4 is 16.8 Å². The Bertz CT molecular complexity index is 1130. The van der Waals surface area contributed by atoms with Crippen LogP contribution in [0.5, 0.6) is 0 Å². The first-order chi connectivity index (χ1) is 22.5. The van der Waals surface area contributed by atoms with Gasteiger partial charge in [-0.1, -0.05) is 197 Å². The topological polar surface area (TPSA) is 0 Å². The van der Waals surface area contributed by atoms with E-state index in [2.05, 4.69) is 70.7 Å². The molecule has 0 fully saturated rings. The SMILES string of the molecule is C=C(CCCCCCCC1C(CCCC)=Cc2c(C)cc3ccccc3c21)CCCC(C)CCCCCCCCCCCCCC. The van der Waals surface area contributed by atoms with Gasteiger partial charge in [0.1, 0.15) is 0 Å². The molecule has 258 valence electrons. The van der Waals surface area contributed by atoms with Crippen molar-refractivity contribution in [2.45, 2.75) is 201 Å². The number of allylic oxidation sites excluding steroid dienone is 2. The van der Waals surface area contributed by atoms with Gasteiger partial charge in [0, 0.05) is 5.92 Å². The minimum absolute atomic E-state index is 0.633. The Kier molecular flexibility index (Phi) is 19.7. The van der Waals surface area contributed by atoms with Crippen molar-refractivity contribution in [3.8, 4) is 0 Å². The van der Waals surface area contributed by atoms with Crippen LogP contribution in [0.3, 0.4) is 0 Å². The van der Waals surface area contributed by atoms with Gasteiger partial charge in [-0.05, 0) is 85.3 Å². The third-order valence-corrected chi connectivity index (χ3v) is 11.1. The molecule has 0 radical (unpaired) electrons. The van der Waals surface area contributed by atoms with Crippen molar-refractivity contribution in [3.05, 3.63) is 64.7 Å². The van der Waals surface area contributed by atoms with E-state index in [-0.39, 0.29) is 0 Å². The summed E-state index contributed by atoms with van der Waals surface area (Å²) in [5.41, 5.74) is 7.84. The van der Waals surface area contributed by atoms with Crippen LogP contribution in [0, 0.1) is 12.8 Å². The molecule has 3 rings (SSSR count). The van der Waals surface area contributed by atoms with Crippen LogP contribution >= 0.6 is 0 Å². The maximum Gasteiger partial charge on any atom is 0.00636 e. The Morgan fingerprint density at radius 3 is 1.93 bits per heavy atom. The Labute approximate surface area is 287 Å². The fourth-order valence-electron chi connectivity index (χ4n) is 8.09. The van der Waals surface area contributed by atoms with Crippen LogP contribution in [-0.2, 0) is 0 Å². The smallest absolute Gasteiger partial charge is 0.00636 e. The van der Waals surface area contributed by atoms with Crippen LogP contribution in [0.25, 0.3) is 16.8 Å². The van der Waals surface area contributed by atoms with E-state index in [1.54, 1.807) is 11.1 Å². The lowest BCUT2D eigenvalue weighted by atomic mass is 9.84. The van der Waals surface area contributed by atoms with Crippen LogP contribution in [0.15, 0.2) is 48.1 Å². The molecule has 0 aromatic heterocycles. The highest BCUT2D eigenvalue weighted by atomic mass is 14.3. The molecule has 0 heteroatoms. The summed E-state index contributed by atoms with van der Waals surface area (Å²) >= 11 is 0. The highest BCUT2D eigenvalue weighted by molar-refractivity contribution is 5.93. The summed E-state index contributed by atoms with van der Waals surface area (Å²) in [6.07, 6.45) is 38.7. The lowest BCUT2D eigenvalue weighted by Crippen LogP contribution is -2.02. The van der Waals surface area contributed by atoms with Gasteiger partial charge in [-0.15, -0.1) is 0 Å². The molecule has 0 heterocycles. The minimum atomic E-state index is 0.633. The monoisotopic (exact) mass is 627 g/mol. The summed E-state index contributed by atoms with van der Waals surface area (Å²) in [7, 11) is 0. The summed E-state index contributed by atoms with van der Waals surface area (Å²) in [6, 6.07) is 11.5. The fourth-order valence-corrected chi connectivity index (χ4v) is 8.09. The maximum atomic E-state index is 4.45. The zero-order valence-electron chi connectivity index (χ0n) is 31.2. The number of aryl methyl sites for hydroxylation is 1. The molecule has 0 amide bonds. The molecule has 0 saturated heterocycles. The van der Waals surface area contributed by atoms with Crippen molar-refractivity contribution in [2.75, 3.05) is 0 Å². The molecule has 1 aliphatic carbocycles. The number of hydrogen-bond acceptors (Lipinski definition) is 0. The number of hydrogen-bond donors (Lipinski definition) is 0. The summed E-state index contributed by atoms with van der Waals surface area (Å²) in [6.45, 7) is 13.9. The lowest BCUT2D eigenvalue weighted by molar-refractivity contribution is 0.441. The van der Waals surface area contributed by atoms with E-state index in [0.29, 0.717) is 5.92 Å². The molecule has 0 saturated carbocycles. The van der Waals surface area contributed by atoms with E-state index < -0.39 is 0 Å². The molecule has 2 atom stereocenters. The molecule has 0 nitrogen and oxygen atoms in total. The van der Waals surface area contributed by atoms with Gasteiger partial charge in [0.05, 0.1) is 0 Å². The maximum absolute atomic E-state index is 4.45. The summed E-state index contributed by atoms with van der Waals surface area (Å²) < 4.78 is 0. The Hall–Kier alpha value is -1.82. The van der Waals surface area contributed by atoms with E-state index in [4.69, 9.17) is 0 Å². The molecule has 0 aliphatic heterocycles. The van der Waals surface area contributed by atoms with Gasteiger partial charge < -0.3 is 0 Å². The second-order valence-electron chi connectivity index (χ2n) is 15.3. The molecule has 2 unspecified atom stereocenters. The molecule has 0 spiro atoms. The number of unbranched alkanes of at least 4 members (excludes halogenated alkanes) is 16. The normalized spacial score (nSPS) is 15.0. The largest absolute Gasteiger partial charge is 0.0999 e. The highest BCUT2D eigenvalue weighted by Crippen LogP contribution is 2.46. The molecular weight excluding hydrogens is 553 g/mol. The molecule has 0 bridgehead atoms. The quantitative estimate of drug-likeness (QED) is 0.0651. The third kappa shape index (κ3) is 14.1. The standard InChI is InChI=1S/C46H74/c1-6-8-10-11-12-13-14-15-16-17-19-22-28-38(3)30-27-31-39(4)29-23-20-18-21-24-34-44-42(32-9-7-2)37-45-40(5)36-41-33-25-26-35-43(41)46(44)45/h25-26,33,35-38,44H,4,6-24,27-32,34H2,1-3,5H3. The molecule has 1 aliphatic rings. The average Bonchev–Trinajstić information content (AvgIpc) is 3.43. The third-order valence-electron chi connectivity index (χ3n) is 11.1. The molecule has 2 aromatic rings. The van der Waals surface area contributed by atoms with Crippen LogP contribution in [-0.4, -0.2) is 0 Å². The number of rotatable bonds is 28. The van der Waals surface area contributed by atoms with Crippen LogP contribution in [0.2, 0.25) is 0 Å².